The number of aliphatic hydroxyl groups is 1. The second-order valence-electron chi connectivity index (χ2n) is 2.53. The highest BCUT2D eigenvalue weighted by Crippen LogP contribution is 2.04. The van der Waals surface area contributed by atoms with Crippen molar-refractivity contribution in [2.45, 2.75) is 12.5 Å². The molecule has 0 fully saturated rings. The minimum Gasteiger partial charge on any atom is -0.391 e. The molecule has 4 heteroatoms. The molecule has 0 amide bonds. The normalized spacial score (nSPS) is 12.9. The van der Waals surface area contributed by atoms with E-state index in [1.54, 1.807) is 0 Å². The average Bonchev–Trinajstić information content (AvgIpc) is 2.09. The van der Waals surface area contributed by atoms with Crippen molar-refractivity contribution in [1.29, 1.82) is 0 Å². The smallest absolute Gasteiger partial charge is 0.144 e. The Hall–Kier alpha value is -1.00. The van der Waals surface area contributed by atoms with E-state index in [0.717, 1.165) is 0 Å². The van der Waals surface area contributed by atoms with Crippen molar-refractivity contribution in [3.63, 3.8) is 0 Å². The lowest BCUT2D eigenvalue weighted by Crippen LogP contribution is -2.23. The predicted octanol–water partition coefficient (Wildman–Crippen LogP) is 0.0828. The quantitative estimate of drug-likeness (QED) is 0.675. The highest BCUT2D eigenvalue weighted by molar-refractivity contribution is 5.07. The zero-order chi connectivity index (χ0) is 8.97. The van der Waals surface area contributed by atoms with E-state index >= 15 is 0 Å². The van der Waals surface area contributed by atoms with Crippen molar-refractivity contribution in [1.82, 2.24) is 4.98 Å². The van der Waals surface area contributed by atoms with E-state index in [4.69, 9.17) is 10.8 Å². The van der Waals surface area contributed by atoms with Gasteiger partial charge in [0.1, 0.15) is 5.82 Å². The summed E-state index contributed by atoms with van der Waals surface area (Å²) in [7, 11) is 0. The van der Waals surface area contributed by atoms with Crippen molar-refractivity contribution in [2.75, 3.05) is 6.54 Å². The SMILES string of the molecule is NCC(O)Cc1ncccc1F. The molecule has 0 aromatic carbocycles. The first-order valence-electron chi connectivity index (χ1n) is 3.71. The van der Waals surface area contributed by atoms with Crippen LogP contribution in [0, 0.1) is 5.82 Å². The molecule has 12 heavy (non-hydrogen) atoms. The van der Waals surface area contributed by atoms with E-state index in [-0.39, 0.29) is 18.7 Å². The number of halogens is 1. The highest BCUT2D eigenvalue weighted by atomic mass is 19.1. The summed E-state index contributed by atoms with van der Waals surface area (Å²) < 4.78 is 12.9. The molecule has 66 valence electrons. The molecule has 0 bridgehead atoms. The number of nitrogens with zero attached hydrogens (tertiary/aromatic N) is 1. The van der Waals surface area contributed by atoms with Crippen LogP contribution in [-0.4, -0.2) is 22.7 Å². The summed E-state index contributed by atoms with van der Waals surface area (Å²) in [6.45, 7) is 0.121. The Balaban J connectivity index is 2.69. The van der Waals surface area contributed by atoms with Crippen LogP contribution in [0.2, 0.25) is 0 Å². The Kier molecular flexibility index (Phi) is 3.13. The summed E-state index contributed by atoms with van der Waals surface area (Å²) in [4.78, 5) is 3.78. The van der Waals surface area contributed by atoms with Gasteiger partial charge in [0.25, 0.3) is 0 Å². The maximum atomic E-state index is 12.9. The Morgan fingerprint density at radius 3 is 3.00 bits per heavy atom. The Labute approximate surface area is 70.0 Å². The van der Waals surface area contributed by atoms with Gasteiger partial charge in [-0.25, -0.2) is 4.39 Å². The third-order valence-corrected chi connectivity index (χ3v) is 1.54. The second-order valence-corrected chi connectivity index (χ2v) is 2.53. The first kappa shape index (κ1) is 9.09. The van der Waals surface area contributed by atoms with Crippen LogP contribution >= 0.6 is 0 Å². The zero-order valence-corrected chi connectivity index (χ0v) is 6.57. The summed E-state index contributed by atoms with van der Waals surface area (Å²) in [5.41, 5.74) is 5.43. The maximum Gasteiger partial charge on any atom is 0.144 e. The van der Waals surface area contributed by atoms with Gasteiger partial charge in [0.15, 0.2) is 0 Å². The number of pyridine rings is 1. The molecule has 0 radical (unpaired) electrons. The predicted molar refractivity (Wildman–Crippen MR) is 43.0 cm³/mol. The van der Waals surface area contributed by atoms with Crippen LogP contribution in [0.5, 0.6) is 0 Å². The van der Waals surface area contributed by atoms with E-state index in [1.165, 1.54) is 18.3 Å². The standard InChI is InChI=1S/C8H11FN2O/c9-7-2-1-3-11-8(7)4-6(12)5-10/h1-3,6,12H,4-5,10H2. The van der Waals surface area contributed by atoms with Gasteiger partial charge < -0.3 is 10.8 Å². The monoisotopic (exact) mass is 170 g/mol. The molecule has 0 saturated heterocycles. The first-order valence-corrected chi connectivity index (χ1v) is 3.71. The van der Waals surface area contributed by atoms with Crippen LogP contribution in [0.1, 0.15) is 5.69 Å². The average molecular weight is 170 g/mol. The van der Waals surface area contributed by atoms with Gasteiger partial charge in [-0.15, -0.1) is 0 Å². The van der Waals surface area contributed by atoms with Crippen LogP contribution in [-0.2, 0) is 6.42 Å². The van der Waals surface area contributed by atoms with E-state index in [2.05, 4.69) is 4.98 Å². The number of hydrogen-bond acceptors (Lipinski definition) is 3. The van der Waals surface area contributed by atoms with Crippen LogP contribution in [0.3, 0.4) is 0 Å². The van der Waals surface area contributed by atoms with Crippen LogP contribution in [0.4, 0.5) is 4.39 Å². The Morgan fingerprint density at radius 2 is 2.42 bits per heavy atom. The molecule has 0 aliphatic heterocycles. The van der Waals surface area contributed by atoms with E-state index < -0.39 is 11.9 Å². The molecular weight excluding hydrogens is 159 g/mol. The van der Waals surface area contributed by atoms with E-state index in [1.807, 2.05) is 0 Å². The third kappa shape index (κ3) is 2.25. The molecule has 0 saturated carbocycles. The second kappa shape index (κ2) is 4.13. The van der Waals surface area contributed by atoms with Gasteiger partial charge in [-0.3, -0.25) is 4.98 Å². The van der Waals surface area contributed by atoms with Crippen molar-refractivity contribution < 1.29 is 9.50 Å². The van der Waals surface area contributed by atoms with E-state index in [9.17, 15) is 4.39 Å². The summed E-state index contributed by atoms with van der Waals surface area (Å²) in [6.07, 6.45) is 0.944. The van der Waals surface area contributed by atoms with Crippen LogP contribution < -0.4 is 5.73 Å². The molecule has 1 aromatic rings. The van der Waals surface area contributed by atoms with Crippen molar-refractivity contribution in [3.8, 4) is 0 Å². The number of hydrogen-bond donors (Lipinski definition) is 2. The maximum absolute atomic E-state index is 12.9. The fourth-order valence-electron chi connectivity index (χ4n) is 0.875. The Morgan fingerprint density at radius 1 is 1.67 bits per heavy atom. The zero-order valence-electron chi connectivity index (χ0n) is 6.57. The van der Waals surface area contributed by atoms with Gasteiger partial charge >= 0.3 is 0 Å². The van der Waals surface area contributed by atoms with Crippen molar-refractivity contribution in [3.05, 3.63) is 29.8 Å². The molecule has 0 aliphatic rings. The molecule has 1 atom stereocenters. The number of aliphatic hydroxyl groups excluding tert-OH is 1. The molecule has 3 N–H and O–H groups in total. The minimum atomic E-state index is -0.714. The van der Waals surface area contributed by atoms with Gasteiger partial charge in [0, 0.05) is 19.2 Å². The number of nitrogens with two attached hydrogens (primary N) is 1. The van der Waals surface area contributed by atoms with Gasteiger partial charge in [0.05, 0.1) is 11.8 Å². The lowest BCUT2D eigenvalue weighted by atomic mass is 10.2. The van der Waals surface area contributed by atoms with Gasteiger partial charge in [-0.1, -0.05) is 0 Å². The topological polar surface area (TPSA) is 59.1 Å². The fraction of sp³-hybridized carbons (Fsp3) is 0.375. The summed E-state index contributed by atoms with van der Waals surface area (Å²) in [5.74, 6) is -0.398. The fourth-order valence-corrected chi connectivity index (χ4v) is 0.875. The van der Waals surface area contributed by atoms with Gasteiger partial charge in [-0.2, -0.15) is 0 Å². The van der Waals surface area contributed by atoms with Gasteiger partial charge in [0.2, 0.25) is 0 Å². The first-order chi connectivity index (χ1) is 5.74. The third-order valence-electron chi connectivity index (χ3n) is 1.54. The van der Waals surface area contributed by atoms with Crippen LogP contribution in [0.15, 0.2) is 18.3 Å². The molecule has 1 rings (SSSR count). The molecule has 1 aromatic heterocycles. The molecule has 1 unspecified atom stereocenters. The lowest BCUT2D eigenvalue weighted by Gasteiger charge is -2.06. The summed E-state index contributed by atoms with van der Waals surface area (Å²) in [6, 6.07) is 2.82. The van der Waals surface area contributed by atoms with Crippen molar-refractivity contribution >= 4 is 0 Å². The molecule has 0 aliphatic carbocycles. The largest absolute Gasteiger partial charge is 0.391 e. The Bertz CT molecular complexity index is 255. The van der Waals surface area contributed by atoms with Gasteiger partial charge in [-0.05, 0) is 12.1 Å². The summed E-state index contributed by atoms with van der Waals surface area (Å²) >= 11 is 0. The highest BCUT2D eigenvalue weighted by Gasteiger charge is 2.07. The van der Waals surface area contributed by atoms with E-state index in [0.29, 0.717) is 0 Å². The number of aromatic nitrogens is 1. The molecular formula is C8H11FN2O. The van der Waals surface area contributed by atoms with Crippen molar-refractivity contribution in [2.24, 2.45) is 5.73 Å². The lowest BCUT2D eigenvalue weighted by molar-refractivity contribution is 0.180. The molecule has 1 heterocycles. The number of rotatable bonds is 3. The minimum absolute atomic E-state index is 0.121. The molecule has 0 spiro atoms. The van der Waals surface area contributed by atoms with Crippen LogP contribution in [0.25, 0.3) is 0 Å². The molecule has 3 nitrogen and oxygen atoms in total. The summed E-state index contributed by atoms with van der Waals surface area (Å²) in [5, 5.41) is 9.10.